The number of nitriles is 2. The second-order valence-corrected chi connectivity index (χ2v) is 7.67. The van der Waals surface area contributed by atoms with Crippen LogP contribution in [-0.2, 0) is 20.2 Å². The highest BCUT2D eigenvalue weighted by Gasteiger charge is 2.11. The van der Waals surface area contributed by atoms with Crippen molar-refractivity contribution >= 4 is 32.4 Å². The van der Waals surface area contributed by atoms with Crippen LogP contribution in [0, 0.1) is 22.7 Å². The summed E-state index contributed by atoms with van der Waals surface area (Å²) in [5.41, 5.74) is -0.259. The highest BCUT2D eigenvalue weighted by molar-refractivity contribution is 7.86. The Kier molecular flexibility index (Phi) is 5.25. The van der Waals surface area contributed by atoms with E-state index in [4.69, 9.17) is 10.5 Å². The standard InChI is InChI=1S/C16H10N2O6S2/c17-9-11-1-3-13(15(7-11)25(19,20)21)5-6-14-4-2-12(10-18)8-16(14)26(22,23)24/h1-8H,(H,19,20,21)(H,22,23,24)/p-2/b6-5+. The molecule has 0 amide bonds. The smallest absolute Gasteiger partial charge is 0.125 e. The van der Waals surface area contributed by atoms with Gasteiger partial charge in [0, 0.05) is 0 Å². The molecule has 132 valence electrons. The van der Waals surface area contributed by atoms with E-state index in [1.54, 1.807) is 12.1 Å². The first-order valence-corrected chi connectivity index (χ1v) is 9.56. The Bertz CT molecular complexity index is 1100. The number of hydrogen-bond acceptors (Lipinski definition) is 8. The van der Waals surface area contributed by atoms with Gasteiger partial charge in [-0.15, -0.1) is 0 Å². The van der Waals surface area contributed by atoms with E-state index in [0.29, 0.717) is 0 Å². The fourth-order valence-electron chi connectivity index (χ4n) is 2.10. The maximum atomic E-state index is 11.4. The summed E-state index contributed by atoms with van der Waals surface area (Å²) >= 11 is 0. The van der Waals surface area contributed by atoms with Gasteiger partial charge >= 0.3 is 0 Å². The molecule has 0 aromatic heterocycles. The van der Waals surface area contributed by atoms with Crippen LogP contribution < -0.4 is 0 Å². The van der Waals surface area contributed by atoms with Gasteiger partial charge in [-0.25, -0.2) is 16.8 Å². The highest BCUT2D eigenvalue weighted by atomic mass is 32.2. The molecule has 0 aliphatic heterocycles. The first kappa shape index (κ1) is 19.3. The molecule has 26 heavy (non-hydrogen) atoms. The van der Waals surface area contributed by atoms with Crippen LogP contribution in [0.15, 0.2) is 46.2 Å². The third-order valence-corrected chi connectivity index (χ3v) is 5.05. The van der Waals surface area contributed by atoms with Gasteiger partial charge in [-0.05, 0) is 35.4 Å². The molecule has 0 aliphatic rings. The molecule has 2 rings (SSSR count). The van der Waals surface area contributed by atoms with Crippen LogP contribution >= 0.6 is 0 Å². The lowest BCUT2D eigenvalue weighted by Crippen LogP contribution is -2.03. The molecular formula is C16H8N2O6S2-2. The van der Waals surface area contributed by atoms with Gasteiger partial charge in [-0.1, -0.05) is 24.3 Å². The summed E-state index contributed by atoms with van der Waals surface area (Å²) in [5, 5.41) is 17.6. The predicted octanol–water partition coefficient (Wildman–Crippen LogP) is 1.41. The Morgan fingerprint density at radius 1 is 0.731 bits per heavy atom. The Morgan fingerprint density at radius 3 is 1.35 bits per heavy atom. The number of nitrogens with zero attached hydrogens (tertiary/aromatic N) is 2. The largest absolute Gasteiger partial charge is 0.744 e. The third-order valence-electron chi connectivity index (χ3n) is 3.27. The Balaban J connectivity index is 2.63. The summed E-state index contributed by atoms with van der Waals surface area (Å²) in [6.07, 6.45) is 2.25. The SMILES string of the molecule is N#Cc1ccc(/C=C/c2ccc(C#N)cc2S(=O)(=O)[O-])c(S(=O)(=O)[O-])c1. The molecule has 0 bridgehead atoms. The molecule has 0 fully saturated rings. The monoisotopic (exact) mass is 388 g/mol. The van der Waals surface area contributed by atoms with Gasteiger partial charge in [0.05, 0.1) is 33.1 Å². The van der Waals surface area contributed by atoms with Crippen molar-refractivity contribution in [3.05, 3.63) is 58.7 Å². The molecule has 0 spiro atoms. The molecule has 2 aromatic carbocycles. The van der Waals surface area contributed by atoms with Gasteiger partial charge in [0.15, 0.2) is 0 Å². The molecule has 10 heteroatoms. The Morgan fingerprint density at radius 2 is 1.08 bits per heavy atom. The maximum Gasteiger partial charge on any atom is 0.125 e. The summed E-state index contributed by atoms with van der Waals surface area (Å²) in [5.74, 6) is 0. The molecule has 0 saturated heterocycles. The zero-order valence-electron chi connectivity index (χ0n) is 12.8. The van der Waals surface area contributed by atoms with Crippen molar-refractivity contribution in [2.24, 2.45) is 0 Å². The average molecular weight is 388 g/mol. The molecule has 0 saturated carbocycles. The fourth-order valence-corrected chi connectivity index (χ4v) is 3.49. The number of rotatable bonds is 4. The summed E-state index contributed by atoms with van der Waals surface area (Å²) in [7, 11) is -9.79. The van der Waals surface area contributed by atoms with Gasteiger partial charge in [0.25, 0.3) is 0 Å². The summed E-state index contributed by atoms with van der Waals surface area (Å²) in [4.78, 5) is -1.32. The molecular weight excluding hydrogens is 380 g/mol. The van der Waals surface area contributed by atoms with Crippen LogP contribution in [0.5, 0.6) is 0 Å². The third kappa shape index (κ3) is 4.33. The van der Waals surface area contributed by atoms with E-state index in [9.17, 15) is 25.9 Å². The van der Waals surface area contributed by atoms with Crippen LogP contribution in [0.4, 0.5) is 0 Å². The second kappa shape index (κ2) is 7.07. The number of benzene rings is 2. The van der Waals surface area contributed by atoms with Gasteiger partial charge in [-0.3, -0.25) is 0 Å². The van der Waals surface area contributed by atoms with Crippen molar-refractivity contribution in [1.82, 2.24) is 0 Å². The molecule has 0 unspecified atom stereocenters. The summed E-state index contributed by atoms with van der Waals surface area (Å²) < 4.78 is 68.2. The molecule has 2 aromatic rings. The normalized spacial score (nSPS) is 11.8. The maximum absolute atomic E-state index is 11.4. The van der Waals surface area contributed by atoms with Crippen molar-refractivity contribution in [2.45, 2.75) is 9.79 Å². The lowest BCUT2D eigenvalue weighted by atomic mass is 10.1. The minimum atomic E-state index is -4.90. The molecule has 0 N–H and O–H groups in total. The molecule has 0 heterocycles. The van der Waals surface area contributed by atoms with Crippen LogP contribution in [0.25, 0.3) is 12.2 Å². The summed E-state index contributed by atoms with van der Waals surface area (Å²) in [6, 6.07) is 10.2. The van der Waals surface area contributed by atoms with Gasteiger partial charge < -0.3 is 9.11 Å². The van der Waals surface area contributed by atoms with Crippen LogP contribution in [0.1, 0.15) is 22.3 Å². The van der Waals surface area contributed by atoms with E-state index < -0.39 is 30.0 Å². The average Bonchev–Trinajstić information content (AvgIpc) is 2.58. The van der Waals surface area contributed by atoms with Gasteiger partial charge in [0.1, 0.15) is 20.2 Å². The second-order valence-electron chi connectivity index (χ2n) is 4.97. The van der Waals surface area contributed by atoms with E-state index in [2.05, 4.69) is 0 Å². The van der Waals surface area contributed by atoms with Crippen LogP contribution in [0.2, 0.25) is 0 Å². The number of hydrogen-bond donors (Lipinski definition) is 0. The van der Waals surface area contributed by atoms with Gasteiger partial charge in [-0.2, -0.15) is 10.5 Å². The minimum absolute atomic E-state index is 0.0437. The van der Waals surface area contributed by atoms with E-state index in [1.807, 2.05) is 0 Å². The van der Waals surface area contributed by atoms with Crippen molar-refractivity contribution in [1.29, 1.82) is 10.5 Å². The highest BCUT2D eigenvalue weighted by Crippen LogP contribution is 2.23. The minimum Gasteiger partial charge on any atom is -0.744 e. The molecule has 0 atom stereocenters. The van der Waals surface area contributed by atoms with E-state index in [1.165, 1.54) is 24.3 Å². The fraction of sp³-hybridized carbons (Fsp3) is 0. The van der Waals surface area contributed by atoms with E-state index in [-0.39, 0.29) is 22.3 Å². The van der Waals surface area contributed by atoms with Crippen molar-refractivity contribution < 1.29 is 25.9 Å². The predicted molar refractivity (Wildman–Crippen MR) is 87.2 cm³/mol. The summed E-state index contributed by atoms with van der Waals surface area (Å²) in [6.45, 7) is 0. The van der Waals surface area contributed by atoms with Crippen LogP contribution in [0.3, 0.4) is 0 Å². The van der Waals surface area contributed by atoms with Crippen molar-refractivity contribution in [3.63, 3.8) is 0 Å². The van der Waals surface area contributed by atoms with Crippen molar-refractivity contribution in [2.75, 3.05) is 0 Å². The van der Waals surface area contributed by atoms with E-state index in [0.717, 1.165) is 24.3 Å². The first-order valence-electron chi connectivity index (χ1n) is 6.74. The molecule has 8 nitrogen and oxygen atoms in total. The van der Waals surface area contributed by atoms with Crippen molar-refractivity contribution in [3.8, 4) is 12.1 Å². The zero-order valence-corrected chi connectivity index (χ0v) is 14.4. The van der Waals surface area contributed by atoms with Crippen LogP contribution in [-0.4, -0.2) is 25.9 Å². The first-order chi connectivity index (χ1) is 12.1. The van der Waals surface area contributed by atoms with E-state index >= 15 is 0 Å². The zero-order chi connectivity index (χ0) is 19.5. The lowest BCUT2D eigenvalue weighted by molar-refractivity contribution is 0.460. The topological polar surface area (TPSA) is 162 Å². The molecule has 0 aliphatic carbocycles. The Hall–Kier alpha value is -3.02. The quantitative estimate of drug-likeness (QED) is 0.560. The molecule has 0 radical (unpaired) electrons. The Labute approximate surface area is 149 Å². The lowest BCUT2D eigenvalue weighted by Gasteiger charge is -2.12. The van der Waals surface area contributed by atoms with Gasteiger partial charge in [0.2, 0.25) is 0 Å².